The molecule has 0 unspecified atom stereocenters. The van der Waals surface area contributed by atoms with Gasteiger partial charge in [-0.05, 0) is 24.1 Å². The fourth-order valence-corrected chi connectivity index (χ4v) is 2.10. The summed E-state index contributed by atoms with van der Waals surface area (Å²) >= 11 is 0. The molecule has 0 atom stereocenters. The number of ether oxygens (including phenoxy) is 1. The highest BCUT2D eigenvalue weighted by atomic mass is 16.6. The Bertz CT molecular complexity index is 643. The summed E-state index contributed by atoms with van der Waals surface area (Å²) in [6.07, 6.45) is 3.36. The topological polar surface area (TPSA) is 102 Å². The van der Waals surface area contributed by atoms with Gasteiger partial charge in [0.25, 0.3) is 5.69 Å². The third kappa shape index (κ3) is 5.38. The van der Waals surface area contributed by atoms with Crippen molar-refractivity contribution < 1.29 is 19.2 Å². The molecule has 1 aromatic rings. The second-order valence-electron chi connectivity index (χ2n) is 4.96. The Morgan fingerprint density at radius 1 is 1.42 bits per heavy atom. The molecule has 0 spiro atoms. The van der Waals surface area contributed by atoms with Crippen LogP contribution < -0.4 is 10.2 Å². The third-order valence-electron chi connectivity index (χ3n) is 3.26. The van der Waals surface area contributed by atoms with E-state index in [1.807, 2.05) is 6.92 Å². The number of benzene rings is 1. The minimum atomic E-state index is -0.547. The first kappa shape index (κ1) is 19.1. The molecule has 1 aromatic carbocycles. The molecule has 0 aliphatic heterocycles. The van der Waals surface area contributed by atoms with Gasteiger partial charge >= 0.3 is 5.97 Å². The lowest BCUT2D eigenvalue weighted by Crippen LogP contribution is -2.36. The van der Waals surface area contributed by atoms with Crippen LogP contribution >= 0.6 is 0 Å². The summed E-state index contributed by atoms with van der Waals surface area (Å²) in [5.41, 5.74) is 0.729. The van der Waals surface area contributed by atoms with Crippen molar-refractivity contribution in [2.45, 2.75) is 13.3 Å². The van der Waals surface area contributed by atoms with E-state index in [0.717, 1.165) is 6.42 Å². The zero-order valence-electron chi connectivity index (χ0n) is 13.9. The number of methoxy groups -OCH3 is 1. The number of likely N-dealkylation sites (N-methyl/N-ethyl adjacent to an activating group) is 1. The number of rotatable bonds is 8. The van der Waals surface area contributed by atoms with E-state index >= 15 is 0 Å². The van der Waals surface area contributed by atoms with Crippen LogP contribution in [0, 0.1) is 10.1 Å². The van der Waals surface area contributed by atoms with Gasteiger partial charge in [-0.3, -0.25) is 14.9 Å². The zero-order valence-corrected chi connectivity index (χ0v) is 13.9. The highest BCUT2D eigenvalue weighted by Gasteiger charge is 2.21. The van der Waals surface area contributed by atoms with Crippen molar-refractivity contribution in [3.05, 3.63) is 40.0 Å². The van der Waals surface area contributed by atoms with E-state index in [1.165, 1.54) is 32.4 Å². The second-order valence-corrected chi connectivity index (χ2v) is 4.96. The number of carbonyl (C=O) groups is 2. The standard InChI is InChI=1S/C16H21N3O5/c1-4-9-18(11-15(20)17-2)13-7-5-12(6-8-16(21)24-3)10-14(13)19(22)23/h5-8,10H,4,9,11H2,1-3H3,(H,17,20)/b8-6+. The van der Waals surface area contributed by atoms with Gasteiger partial charge in [-0.25, -0.2) is 4.79 Å². The van der Waals surface area contributed by atoms with Crippen molar-refractivity contribution in [3.8, 4) is 0 Å². The van der Waals surface area contributed by atoms with Crippen molar-refractivity contribution in [1.29, 1.82) is 0 Å². The lowest BCUT2D eigenvalue weighted by Gasteiger charge is -2.23. The first-order valence-corrected chi connectivity index (χ1v) is 7.42. The summed E-state index contributed by atoms with van der Waals surface area (Å²) in [7, 11) is 2.77. The van der Waals surface area contributed by atoms with Gasteiger partial charge in [-0.2, -0.15) is 0 Å². The number of nitro groups is 1. The molecule has 0 aromatic heterocycles. The molecule has 0 aliphatic rings. The van der Waals surface area contributed by atoms with Gasteiger partial charge in [-0.15, -0.1) is 0 Å². The molecule has 0 saturated heterocycles. The van der Waals surface area contributed by atoms with Crippen molar-refractivity contribution in [3.63, 3.8) is 0 Å². The zero-order chi connectivity index (χ0) is 18.1. The Labute approximate surface area is 140 Å². The lowest BCUT2D eigenvalue weighted by atomic mass is 10.1. The smallest absolute Gasteiger partial charge is 0.330 e. The molecule has 0 heterocycles. The van der Waals surface area contributed by atoms with Crippen LogP contribution in [0.3, 0.4) is 0 Å². The Hall–Kier alpha value is -2.90. The number of nitro benzene ring substituents is 1. The number of amides is 1. The maximum atomic E-state index is 11.6. The predicted molar refractivity (Wildman–Crippen MR) is 90.7 cm³/mol. The van der Waals surface area contributed by atoms with E-state index in [4.69, 9.17) is 0 Å². The maximum Gasteiger partial charge on any atom is 0.330 e. The maximum absolute atomic E-state index is 11.6. The van der Waals surface area contributed by atoms with Crippen LogP contribution in [0.2, 0.25) is 0 Å². The van der Waals surface area contributed by atoms with Gasteiger partial charge < -0.3 is 15.0 Å². The molecule has 0 saturated carbocycles. The first-order chi connectivity index (χ1) is 11.4. The van der Waals surface area contributed by atoms with Crippen molar-refractivity contribution in [1.82, 2.24) is 5.32 Å². The van der Waals surface area contributed by atoms with Crippen LogP contribution in [0.1, 0.15) is 18.9 Å². The fourth-order valence-electron chi connectivity index (χ4n) is 2.10. The number of nitrogens with one attached hydrogen (secondary N) is 1. The Balaban J connectivity index is 3.21. The molecular weight excluding hydrogens is 314 g/mol. The van der Waals surface area contributed by atoms with Crippen LogP contribution in [-0.2, 0) is 14.3 Å². The lowest BCUT2D eigenvalue weighted by molar-refractivity contribution is -0.384. The summed E-state index contributed by atoms with van der Waals surface area (Å²) in [4.78, 5) is 35.3. The number of anilines is 1. The van der Waals surface area contributed by atoms with E-state index in [2.05, 4.69) is 10.1 Å². The summed E-state index contributed by atoms with van der Waals surface area (Å²) in [6.45, 7) is 2.46. The SMILES string of the molecule is CCCN(CC(=O)NC)c1ccc(/C=C/C(=O)OC)cc1[N+](=O)[O-]. The van der Waals surface area contributed by atoms with Crippen LogP contribution in [0.4, 0.5) is 11.4 Å². The molecule has 0 aliphatic carbocycles. The van der Waals surface area contributed by atoms with Gasteiger partial charge in [0.05, 0.1) is 18.6 Å². The van der Waals surface area contributed by atoms with E-state index in [9.17, 15) is 19.7 Å². The van der Waals surface area contributed by atoms with E-state index in [1.54, 1.807) is 17.0 Å². The van der Waals surface area contributed by atoms with Crippen LogP contribution in [0.5, 0.6) is 0 Å². The van der Waals surface area contributed by atoms with Crippen molar-refractivity contribution in [2.75, 3.05) is 32.1 Å². The van der Waals surface area contributed by atoms with Crippen molar-refractivity contribution in [2.24, 2.45) is 0 Å². The highest BCUT2D eigenvalue weighted by molar-refractivity contribution is 5.87. The number of nitrogens with zero attached hydrogens (tertiary/aromatic N) is 2. The average molecular weight is 335 g/mol. The molecule has 1 amide bonds. The van der Waals surface area contributed by atoms with Gasteiger partial charge in [0.15, 0.2) is 0 Å². The summed E-state index contributed by atoms with van der Waals surface area (Å²) < 4.78 is 4.49. The molecule has 130 valence electrons. The summed E-state index contributed by atoms with van der Waals surface area (Å²) in [5.74, 6) is -0.777. The highest BCUT2D eigenvalue weighted by Crippen LogP contribution is 2.30. The Morgan fingerprint density at radius 3 is 2.67 bits per heavy atom. The minimum absolute atomic E-state index is 0.0303. The largest absolute Gasteiger partial charge is 0.466 e. The number of hydrogen-bond acceptors (Lipinski definition) is 6. The molecule has 1 N–H and O–H groups in total. The molecular formula is C16H21N3O5. The predicted octanol–water partition coefficient (Wildman–Crippen LogP) is 1.74. The van der Waals surface area contributed by atoms with Crippen molar-refractivity contribution >= 4 is 29.3 Å². The average Bonchev–Trinajstić information content (AvgIpc) is 2.58. The third-order valence-corrected chi connectivity index (χ3v) is 3.26. The molecule has 8 heteroatoms. The van der Waals surface area contributed by atoms with Gasteiger partial charge in [0, 0.05) is 25.7 Å². The summed E-state index contributed by atoms with van der Waals surface area (Å²) in [5, 5.41) is 13.9. The van der Waals surface area contributed by atoms with E-state index in [-0.39, 0.29) is 18.1 Å². The van der Waals surface area contributed by atoms with Crippen LogP contribution in [0.25, 0.3) is 6.08 Å². The molecule has 0 bridgehead atoms. The number of esters is 1. The summed E-state index contributed by atoms with van der Waals surface area (Å²) in [6, 6.07) is 4.59. The van der Waals surface area contributed by atoms with Crippen LogP contribution in [-0.4, -0.2) is 44.0 Å². The fraction of sp³-hybridized carbons (Fsp3) is 0.375. The van der Waals surface area contributed by atoms with E-state index < -0.39 is 10.9 Å². The Kier molecular flexibility index (Phi) is 7.41. The number of hydrogen-bond donors (Lipinski definition) is 1. The second kappa shape index (κ2) is 9.29. The monoisotopic (exact) mass is 335 g/mol. The Morgan fingerprint density at radius 2 is 2.12 bits per heavy atom. The first-order valence-electron chi connectivity index (χ1n) is 7.42. The van der Waals surface area contributed by atoms with Gasteiger partial charge in [-0.1, -0.05) is 13.0 Å². The normalized spacial score (nSPS) is 10.5. The molecule has 1 rings (SSSR count). The van der Waals surface area contributed by atoms with Gasteiger partial charge in [0.2, 0.25) is 5.91 Å². The molecule has 8 nitrogen and oxygen atoms in total. The quantitative estimate of drug-likeness (QED) is 0.336. The van der Waals surface area contributed by atoms with Gasteiger partial charge in [0.1, 0.15) is 5.69 Å². The number of carbonyl (C=O) groups excluding carboxylic acids is 2. The van der Waals surface area contributed by atoms with E-state index in [0.29, 0.717) is 17.8 Å². The molecule has 0 radical (unpaired) electrons. The molecule has 0 fully saturated rings. The van der Waals surface area contributed by atoms with Crippen LogP contribution in [0.15, 0.2) is 24.3 Å². The minimum Gasteiger partial charge on any atom is -0.466 e. The molecule has 24 heavy (non-hydrogen) atoms.